The summed E-state index contributed by atoms with van der Waals surface area (Å²) in [7, 11) is 0. The van der Waals surface area contributed by atoms with Crippen LogP contribution in [0.2, 0.25) is 0 Å². The molecule has 1 N–H and O–H groups in total. The number of aromatic nitrogens is 2. The van der Waals surface area contributed by atoms with E-state index in [0.717, 1.165) is 84.4 Å². The monoisotopic (exact) mass is 556 g/mol. The highest BCUT2D eigenvalue weighted by atomic mass is 32.1. The number of piperazine rings is 2. The topological polar surface area (TPSA) is 76.0 Å². The molecule has 208 valence electrons. The van der Waals surface area contributed by atoms with Crippen molar-refractivity contribution in [3.8, 4) is 11.1 Å². The minimum absolute atomic E-state index is 0.0809. The van der Waals surface area contributed by atoms with Crippen LogP contribution < -0.4 is 9.80 Å². The summed E-state index contributed by atoms with van der Waals surface area (Å²) >= 11 is 1.75. The molecule has 0 spiro atoms. The number of anilines is 2. The van der Waals surface area contributed by atoms with Crippen molar-refractivity contribution in [1.82, 2.24) is 19.8 Å². The molecule has 2 aliphatic rings. The van der Waals surface area contributed by atoms with Crippen molar-refractivity contribution in [3.63, 3.8) is 0 Å². The average molecular weight is 557 g/mol. The highest BCUT2D eigenvalue weighted by molar-refractivity contribution is 7.18. The minimum atomic E-state index is 0.0809. The van der Waals surface area contributed by atoms with Crippen LogP contribution in [0.3, 0.4) is 0 Å². The molecule has 6 rings (SSSR count). The Morgan fingerprint density at radius 3 is 2.20 bits per heavy atom. The molecule has 40 heavy (non-hydrogen) atoms. The van der Waals surface area contributed by atoms with Crippen LogP contribution in [0.5, 0.6) is 0 Å². The predicted molar refractivity (Wildman–Crippen MR) is 163 cm³/mol. The lowest BCUT2D eigenvalue weighted by atomic mass is 10.0. The maximum absolute atomic E-state index is 13.3. The number of aliphatic hydroxyl groups excluding tert-OH is 1. The van der Waals surface area contributed by atoms with Gasteiger partial charge in [0.15, 0.2) is 0 Å². The van der Waals surface area contributed by atoms with Gasteiger partial charge >= 0.3 is 0 Å². The molecule has 2 aromatic carbocycles. The molecule has 8 nitrogen and oxygen atoms in total. The summed E-state index contributed by atoms with van der Waals surface area (Å²) in [6, 6.07) is 20.4. The smallest absolute Gasteiger partial charge is 0.253 e. The third-order valence-electron chi connectivity index (χ3n) is 7.94. The van der Waals surface area contributed by atoms with E-state index in [-0.39, 0.29) is 12.5 Å². The molecule has 4 aromatic rings. The average Bonchev–Trinajstić information content (AvgIpc) is 3.45. The van der Waals surface area contributed by atoms with E-state index in [0.29, 0.717) is 19.6 Å². The number of nitrogens with zero attached hydrogens (tertiary/aromatic N) is 6. The van der Waals surface area contributed by atoms with Crippen LogP contribution in [0.1, 0.15) is 22.2 Å². The highest BCUT2D eigenvalue weighted by Crippen LogP contribution is 2.34. The first kappa shape index (κ1) is 26.7. The third-order valence-corrected chi connectivity index (χ3v) is 9.11. The molecule has 2 fully saturated rings. The molecule has 0 radical (unpaired) electrons. The van der Waals surface area contributed by atoms with Crippen molar-refractivity contribution in [3.05, 3.63) is 71.1 Å². The highest BCUT2D eigenvalue weighted by Gasteiger charge is 2.27. The Bertz CT molecular complexity index is 1440. The first-order valence-electron chi connectivity index (χ1n) is 14.2. The molecule has 0 saturated carbocycles. The molecule has 0 aliphatic carbocycles. The summed E-state index contributed by atoms with van der Waals surface area (Å²) in [6.45, 7) is 9.36. The molecule has 2 aromatic heterocycles. The molecule has 2 aliphatic heterocycles. The maximum Gasteiger partial charge on any atom is 0.253 e. The number of carbonyl (C=O) groups is 1. The molecule has 1 amide bonds. The zero-order valence-electron chi connectivity index (χ0n) is 23.0. The van der Waals surface area contributed by atoms with Crippen molar-refractivity contribution in [2.24, 2.45) is 0 Å². The van der Waals surface area contributed by atoms with Crippen LogP contribution >= 0.6 is 11.3 Å². The Balaban J connectivity index is 1.17. The second-order valence-corrected chi connectivity index (χ2v) is 11.5. The normalized spacial score (nSPS) is 16.6. The zero-order chi connectivity index (χ0) is 27.5. The Labute approximate surface area is 239 Å². The molecule has 0 unspecified atom stereocenters. The summed E-state index contributed by atoms with van der Waals surface area (Å²) in [5, 5.41) is 10.4. The summed E-state index contributed by atoms with van der Waals surface area (Å²) in [5.74, 6) is 1.85. The summed E-state index contributed by atoms with van der Waals surface area (Å²) in [5.41, 5.74) is 2.99. The van der Waals surface area contributed by atoms with E-state index >= 15 is 0 Å². The Kier molecular flexibility index (Phi) is 7.95. The second kappa shape index (κ2) is 11.9. The number of fused-ring (bicyclic) bond motifs is 1. The molecule has 0 bridgehead atoms. The van der Waals surface area contributed by atoms with E-state index in [2.05, 4.69) is 39.8 Å². The summed E-state index contributed by atoms with van der Waals surface area (Å²) in [6.07, 6.45) is 0.973. The van der Waals surface area contributed by atoms with Gasteiger partial charge in [0.1, 0.15) is 10.6 Å². The second-order valence-electron chi connectivity index (χ2n) is 10.4. The van der Waals surface area contributed by atoms with Crippen LogP contribution in [-0.4, -0.2) is 96.3 Å². The van der Waals surface area contributed by atoms with Gasteiger partial charge in [0.05, 0.1) is 12.0 Å². The lowest BCUT2D eigenvalue weighted by Gasteiger charge is -2.37. The van der Waals surface area contributed by atoms with E-state index < -0.39 is 0 Å². The molecular weight excluding hydrogens is 520 g/mol. The number of aliphatic hydroxyl groups is 1. The molecule has 9 heteroatoms. The fourth-order valence-corrected chi connectivity index (χ4v) is 6.51. The van der Waals surface area contributed by atoms with Crippen molar-refractivity contribution < 1.29 is 9.90 Å². The van der Waals surface area contributed by atoms with Crippen LogP contribution in [-0.2, 0) is 6.42 Å². The molecule has 0 atom stereocenters. The first-order valence-corrected chi connectivity index (χ1v) is 15.0. The number of β-amino-alcohol motifs (C(OH)–C–C–N with tert-alkyl or cyclic N) is 1. The quantitative estimate of drug-likeness (QED) is 0.369. The van der Waals surface area contributed by atoms with Crippen LogP contribution in [0.15, 0.2) is 60.7 Å². The SMILES string of the molecule is CCc1cc2c(N3CCN(C(=O)c4ccc(-c5ccccc5)cc4)CC3)nc(N3CCN(CCO)CC3)nc2s1. The molecule has 4 heterocycles. The number of benzene rings is 2. The number of rotatable bonds is 7. The number of carbonyl (C=O) groups excluding carboxylic acids is 1. The van der Waals surface area contributed by atoms with E-state index in [1.165, 1.54) is 4.88 Å². The van der Waals surface area contributed by atoms with Gasteiger partial charge in [-0.3, -0.25) is 9.69 Å². The lowest BCUT2D eigenvalue weighted by Crippen LogP contribution is -2.49. The summed E-state index contributed by atoms with van der Waals surface area (Å²) in [4.78, 5) is 34.6. The van der Waals surface area contributed by atoms with Gasteiger partial charge in [-0.05, 0) is 35.7 Å². The molecular formula is C31H36N6O2S. The maximum atomic E-state index is 13.3. The number of amides is 1. The Hall–Kier alpha value is -3.53. The predicted octanol–water partition coefficient (Wildman–Crippen LogP) is 4.00. The van der Waals surface area contributed by atoms with Crippen molar-refractivity contribution >= 4 is 39.2 Å². The number of hydrogen-bond acceptors (Lipinski definition) is 8. The van der Waals surface area contributed by atoms with Gasteiger partial charge in [0.25, 0.3) is 5.91 Å². The number of aryl methyl sites for hydroxylation is 1. The fraction of sp³-hybridized carbons (Fsp3) is 0.387. The fourth-order valence-electron chi connectivity index (χ4n) is 5.55. The lowest BCUT2D eigenvalue weighted by molar-refractivity contribution is 0.0746. The zero-order valence-corrected chi connectivity index (χ0v) is 23.8. The third kappa shape index (κ3) is 5.54. The van der Waals surface area contributed by atoms with Gasteiger partial charge < -0.3 is 19.8 Å². The minimum Gasteiger partial charge on any atom is -0.395 e. The van der Waals surface area contributed by atoms with Crippen LogP contribution in [0, 0.1) is 0 Å². The largest absolute Gasteiger partial charge is 0.395 e. The van der Waals surface area contributed by atoms with E-state index in [1.54, 1.807) is 11.3 Å². The Morgan fingerprint density at radius 1 is 0.850 bits per heavy atom. The van der Waals surface area contributed by atoms with Crippen molar-refractivity contribution in [1.29, 1.82) is 0 Å². The Morgan fingerprint density at radius 2 is 1.52 bits per heavy atom. The number of thiophene rings is 1. The number of hydrogen-bond donors (Lipinski definition) is 1. The van der Waals surface area contributed by atoms with Crippen LogP contribution in [0.25, 0.3) is 21.3 Å². The van der Waals surface area contributed by atoms with Crippen molar-refractivity contribution in [2.75, 3.05) is 75.3 Å². The van der Waals surface area contributed by atoms with Gasteiger partial charge in [0.2, 0.25) is 5.95 Å². The van der Waals surface area contributed by atoms with E-state index in [1.807, 2.05) is 47.4 Å². The van der Waals surface area contributed by atoms with Gasteiger partial charge in [0, 0.05) is 69.3 Å². The van der Waals surface area contributed by atoms with Gasteiger partial charge in [-0.1, -0.05) is 49.4 Å². The van der Waals surface area contributed by atoms with Gasteiger partial charge in [-0.25, -0.2) is 4.98 Å². The van der Waals surface area contributed by atoms with E-state index in [4.69, 9.17) is 9.97 Å². The van der Waals surface area contributed by atoms with E-state index in [9.17, 15) is 9.90 Å². The van der Waals surface area contributed by atoms with Gasteiger partial charge in [-0.2, -0.15) is 4.98 Å². The standard InChI is InChI=1S/C31H36N6O2S/c1-2-26-22-27-28(32-31(33-29(27)40-26)37-14-12-34(13-15-37)20-21-38)35-16-18-36(19-17-35)30(39)25-10-8-24(9-11-25)23-6-4-3-5-7-23/h3-11,22,38H,2,12-21H2,1H3. The van der Waals surface area contributed by atoms with Crippen molar-refractivity contribution in [2.45, 2.75) is 13.3 Å². The molecule has 2 saturated heterocycles. The van der Waals surface area contributed by atoms with Gasteiger partial charge in [-0.15, -0.1) is 11.3 Å². The summed E-state index contributed by atoms with van der Waals surface area (Å²) < 4.78 is 0. The first-order chi connectivity index (χ1) is 19.6. The van der Waals surface area contributed by atoms with Crippen LogP contribution in [0.4, 0.5) is 11.8 Å².